The summed E-state index contributed by atoms with van der Waals surface area (Å²) in [7, 11) is 0. The molecule has 0 saturated heterocycles. The van der Waals surface area contributed by atoms with Crippen LogP contribution in [0.5, 0.6) is 0 Å². The van der Waals surface area contributed by atoms with E-state index in [2.05, 4.69) is 5.32 Å². The molecule has 5 nitrogen and oxygen atoms in total. The van der Waals surface area contributed by atoms with Crippen molar-refractivity contribution < 1.29 is 14.3 Å². The van der Waals surface area contributed by atoms with Gasteiger partial charge >= 0.3 is 5.97 Å². The van der Waals surface area contributed by atoms with E-state index in [9.17, 15) is 9.59 Å². The summed E-state index contributed by atoms with van der Waals surface area (Å²) in [6, 6.07) is 1.73. The summed E-state index contributed by atoms with van der Waals surface area (Å²) < 4.78 is 4.96. The normalized spacial score (nSPS) is 10.3. The van der Waals surface area contributed by atoms with E-state index in [-0.39, 0.29) is 5.91 Å². The summed E-state index contributed by atoms with van der Waals surface area (Å²) in [5, 5.41) is 3.30. The average molecular weight is 302 g/mol. The fourth-order valence-electron chi connectivity index (χ4n) is 1.38. The number of aryl methyl sites for hydroxylation is 1. The van der Waals surface area contributed by atoms with Crippen molar-refractivity contribution in [3.8, 4) is 0 Å². The molecule has 7 heteroatoms. The molecule has 0 bridgehead atoms. The second kappa shape index (κ2) is 8.19. The van der Waals surface area contributed by atoms with Crippen molar-refractivity contribution in [2.24, 2.45) is 5.73 Å². The fourth-order valence-corrected chi connectivity index (χ4v) is 2.86. The van der Waals surface area contributed by atoms with Crippen LogP contribution in [0.4, 0.5) is 5.00 Å². The van der Waals surface area contributed by atoms with E-state index in [4.69, 9.17) is 10.5 Å². The van der Waals surface area contributed by atoms with Crippen LogP contribution in [0.1, 0.15) is 22.2 Å². The second-order valence-corrected chi connectivity index (χ2v) is 6.07. The van der Waals surface area contributed by atoms with Gasteiger partial charge < -0.3 is 15.8 Å². The molecule has 1 heterocycles. The highest BCUT2D eigenvalue weighted by Gasteiger charge is 2.17. The van der Waals surface area contributed by atoms with Crippen LogP contribution < -0.4 is 11.1 Å². The summed E-state index contributed by atoms with van der Waals surface area (Å²) in [5.41, 5.74) is 5.77. The number of ether oxygens (including phenoxy) is 1. The monoisotopic (exact) mass is 302 g/mol. The predicted molar refractivity (Wildman–Crippen MR) is 80.0 cm³/mol. The third-order valence-corrected chi connectivity index (χ3v) is 4.06. The Hall–Kier alpha value is -1.05. The maximum Gasteiger partial charge on any atom is 0.341 e. The molecule has 0 aliphatic carbocycles. The first-order chi connectivity index (χ1) is 9.08. The number of carbonyl (C=O) groups is 2. The summed E-state index contributed by atoms with van der Waals surface area (Å²) in [6.07, 6.45) is 0. The van der Waals surface area contributed by atoms with Gasteiger partial charge in [0.15, 0.2) is 0 Å². The number of nitrogens with two attached hydrogens (primary N) is 1. The highest BCUT2D eigenvalue weighted by molar-refractivity contribution is 7.99. The Kier molecular flexibility index (Phi) is 6.90. The number of esters is 1. The lowest BCUT2D eigenvalue weighted by Gasteiger charge is -2.05. The minimum atomic E-state index is -0.406. The maximum atomic E-state index is 11.7. The third-order valence-electron chi connectivity index (χ3n) is 2.10. The van der Waals surface area contributed by atoms with Crippen LogP contribution in [0.25, 0.3) is 0 Å². The van der Waals surface area contributed by atoms with E-state index in [0.717, 1.165) is 10.6 Å². The van der Waals surface area contributed by atoms with Crippen molar-refractivity contribution >= 4 is 40.0 Å². The van der Waals surface area contributed by atoms with Crippen molar-refractivity contribution in [3.05, 3.63) is 16.5 Å². The largest absolute Gasteiger partial charge is 0.462 e. The molecule has 106 valence electrons. The van der Waals surface area contributed by atoms with Crippen LogP contribution in [0.3, 0.4) is 0 Å². The Labute approximate surface area is 120 Å². The van der Waals surface area contributed by atoms with Crippen molar-refractivity contribution in [3.63, 3.8) is 0 Å². The van der Waals surface area contributed by atoms with Gasteiger partial charge in [0.2, 0.25) is 5.91 Å². The second-order valence-electron chi connectivity index (χ2n) is 3.71. The Morgan fingerprint density at radius 3 is 2.89 bits per heavy atom. The van der Waals surface area contributed by atoms with Crippen LogP contribution in [-0.4, -0.2) is 36.5 Å². The number of thiophene rings is 1. The van der Waals surface area contributed by atoms with Gasteiger partial charge in [0.05, 0.1) is 17.9 Å². The zero-order valence-corrected chi connectivity index (χ0v) is 12.7. The maximum absolute atomic E-state index is 11.7. The molecule has 0 saturated carbocycles. The van der Waals surface area contributed by atoms with Gasteiger partial charge in [0.25, 0.3) is 0 Å². The average Bonchev–Trinajstić information content (AvgIpc) is 2.71. The number of hydrogen-bond acceptors (Lipinski definition) is 6. The Morgan fingerprint density at radius 2 is 2.26 bits per heavy atom. The summed E-state index contributed by atoms with van der Waals surface area (Å²) >= 11 is 2.83. The fraction of sp³-hybridized carbons (Fsp3) is 0.500. The van der Waals surface area contributed by atoms with E-state index < -0.39 is 5.97 Å². The van der Waals surface area contributed by atoms with Gasteiger partial charge in [-0.1, -0.05) is 0 Å². The van der Waals surface area contributed by atoms with Gasteiger partial charge in [-0.05, 0) is 19.9 Å². The highest BCUT2D eigenvalue weighted by Crippen LogP contribution is 2.28. The van der Waals surface area contributed by atoms with Gasteiger partial charge in [-0.15, -0.1) is 11.3 Å². The summed E-state index contributed by atoms with van der Waals surface area (Å²) in [6.45, 7) is 4.49. The lowest BCUT2D eigenvalue weighted by atomic mass is 10.3. The lowest BCUT2D eigenvalue weighted by Crippen LogP contribution is -2.17. The molecule has 1 rings (SSSR count). The zero-order valence-electron chi connectivity index (χ0n) is 11.0. The predicted octanol–water partition coefficient (Wildman–Crippen LogP) is 1.86. The minimum absolute atomic E-state index is 0.133. The van der Waals surface area contributed by atoms with Gasteiger partial charge in [-0.25, -0.2) is 4.79 Å². The number of nitrogens with one attached hydrogen (secondary N) is 1. The van der Waals surface area contributed by atoms with Crippen LogP contribution >= 0.6 is 23.1 Å². The smallest absolute Gasteiger partial charge is 0.341 e. The SMILES string of the molecule is CCOC(=O)c1cc(C)sc1NC(=O)CSCCN. The van der Waals surface area contributed by atoms with Crippen molar-refractivity contribution in [1.29, 1.82) is 0 Å². The van der Waals surface area contributed by atoms with Crippen molar-refractivity contribution in [2.45, 2.75) is 13.8 Å². The molecule has 1 aromatic rings. The molecule has 3 N–H and O–H groups in total. The van der Waals surface area contributed by atoms with Crippen molar-refractivity contribution in [1.82, 2.24) is 0 Å². The van der Waals surface area contributed by atoms with E-state index in [1.165, 1.54) is 23.1 Å². The van der Waals surface area contributed by atoms with Crippen LogP contribution in [0, 0.1) is 6.92 Å². The van der Waals surface area contributed by atoms with E-state index >= 15 is 0 Å². The van der Waals surface area contributed by atoms with Gasteiger partial charge in [-0.3, -0.25) is 4.79 Å². The molecule has 0 aromatic carbocycles. The zero-order chi connectivity index (χ0) is 14.3. The quantitative estimate of drug-likeness (QED) is 0.593. The first-order valence-corrected chi connectivity index (χ1v) is 7.90. The third kappa shape index (κ3) is 5.22. The highest BCUT2D eigenvalue weighted by atomic mass is 32.2. The molecule has 0 unspecified atom stereocenters. The summed E-state index contributed by atoms with van der Waals surface area (Å²) in [5.74, 6) is 0.528. The molecule has 0 radical (unpaired) electrons. The van der Waals surface area contributed by atoms with Gasteiger partial charge in [0.1, 0.15) is 5.00 Å². The molecule has 0 atom stereocenters. The minimum Gasteiger partial charge on any atom is -0.462 e. The van der Waals surface area contributed by atoms with E-state index in [0.29, 0.717) is 29.5 Å². The first-order valence-electron chi connectivity index (χ1n) is 5.93. The Balaban J connectivity index is 2.67. The van der Waals surface area contributed by atoms with Crippen molar-refractivity contribution in [2.75, 3.05) is 30.0 Å². The molecule has 19 heavy (non-hydrogen) atoms. The van der Waals surface area contributed by atoms with E-state index in [1.807, 2.05) is 6.92 Å². The number of rotatable bonds is 7. The molecular formula is C12H18N2O3S2. The van der Waals surface area contributed by atoms with Crippen LogP contribution in [0.2, 0.25) is 0 Å². The number of hydrogen-bond donors (Lipinski definition) is 2. The van der Waals surface area contributed by atoms with Crippen LogP contribution in [-0.2, 0) is 9.53 Å². The lowest BCUT2D eigenvalue weighted by molar-refractivity contribution is -0.113. The molecule has 0 aliphatic heterocycles. The number of amides is 1. The standard InChI is InChI=1S/C12H18N2O3S2/c1-3-17-12(16)9-6-8(2)19-11(9)14-10(15)7-18-5-4-13/h6H,3-5,7,13H2,1-2H3,(H,14,15). The molecular weight excluding hydrogens is 284 g/mol. The molecule has 1 aromatic heterocycles. The number of thioether (sulfide) groups is 1. The topological polar surface area (TPSA) is 81.4 Å². The molecule has 0 aliphatic rings. The van der Waals surface area contributed by atoms with Crippen LogP contribution in [0.15, 0.2) is 6.07 Å². The first kappa shape index (κ1) is 16.0. The number of carbonyl (C=O) groups excluding carboxylic acids is 2. The van der Waals surface area contributed by atoms with Gasteiger partial charge in [-0.2, -0.15) is 11.8 Å². The van der Waals surface area contributed by atoms with E-state index in [1.54, 1.807) is 13.0 Å². The molecule has 0 spiro atoms. The Morgan fingerprint density at radius 1 is 1.53 bits per heavy atom. The summed E-state index contributed by atoms with van der Waals surface area (Å²) in [4.78, 5) is 24.4. The molecule has 0 fully saturated rings. The van der Waals surface area contributed by atoms with Gasteiger partial charge in [0, 0.05) is 17.2 Å². The number of anilines is 1. The molecule has 1 amide bonds. The Bertz CT molecular complexity index is 446.